The van der Waals surface area contributed by atoms with E-state index in [0.29, 0.717) is 12.6 Å². The molecule has 1 aliphatic heterocycles. The van der Waals surface area contributed by atoms with E-state index in [-0.39, 0.29) is 6.09 Å². The normalized spacial score (nSPS) is 23.2. The van der Waals surface area contributed by atoms with Crippen LogP contribution in [-0.2, 0) is 4.74 Å². The molecule has 0 bridgehead atoms. The van der Waals surface area contributed by atoms with Gasteiger partial charge in [0.15, 0.2) is 0 Å². The smallest absolute Gasteiger partial charge is 0.407 e. The summed E-state index contributed by atoms with van der Waals surface area (Å²) in [6.45, 7) is 2.26. The van der Waals surface area contributed by atoms with Crippen molar-refractivity contribution < 1.29 is 9.53 Å². The number of rotatable bonds is 2. The van der Waals surface area contributed by atoms with Crippen LogP contribution in [0, 0.1) is 0 Å². The average Bonchev–Trinajstić information content (AvgIpc) is 2.40. The van der Waals surface area contributed by atoms with E-state index in [4.69, 9.17) is 4.74 Å². The number of ether oxygens (including phenoxy) is 1. The third-order valence-corrected chi connectivity index (χ3v) is 2.69. The molecule has 0 aromatic rings. The van der Waals surface area contributed by atoms with Crippen molar-refractivity contribution in [3.8, 4) is 0 Å². The summed E-state index contributed by atoms with van der Waals surface area (Å²) < 4.78 is 4.74. The molecule has 4 heteroatoms. The molecular formula is C7H13NO2S. The second kappa shape index (κ2) is 4.49. The zero-order valence-corrected chi connectivity index (χ0v) is 7.45. The number of hydrogen-bond acceptors (Lipinski definition) is 3. The topological polar surface area (TPSA) is 38.3 Å². The lowest BCUT2D eigenvalue weighted by Gasteiger charge is -2.09. The molecule has 0 spiro atoms. The van der Waals surface area contributed by atoms with Crippen LogP contribution in [0.5, 0.6) is 0 Å². The third kappa shape index (κ3) is 3.01. The second-order valence-corrected chi connectivity index (χ2v) is 3.58. The molecule has 0 aromatic heterocycles. The molecule has 3 nitrogen and oxygen atoms in total. The van der Waals surface area contributed by atoms with Crippen LogP contribution >= 0.6 is 11.8 Å². The summed E-state index contributed by atoms with van der Waals surface area (Å²) in [6, 6.07) is 0.332. The molecule has 1 N–H and O–H groups in total. The van der Waals surface area contributed by atoms with Gasteiger partial charge in [-0.05, 0) is 19.1 Å². The maximum absolute atomic E-state index is 10.9. The van der Waals surface area contributed by atoms with Gasteiger partial charge >= 0.3 is 6.09 Å². The van der Waals surface area contributed by atoms with Gasteiger partial charge in [-0.15, -0.1) is 0 Å². The van der Waals surface area contributed by atoms with Crippen LogP contribution in [0.25, 0.3) is 0 Å². The van der Waals surface area contributed by atoms with Gasteiger partial charge in [-0.3, -0.25) is 0 Å². The SMILES string of the molecule is CCOC(=O)NC1CCSC1. The molecule has 1 saturated heterocycles. The van der Waals surface area contributed by atoms with E-state index < -0.39 is 0 Å². The molecule has 1 heterocycles. The Bertz CT molecular complexity index is 134. The van der Waals surface area contributed by atoms with Gasteiger partial charge in [0.1, 0.15) is 0 Å². The van der Waals surface area contributed by atoms with Crippen LogP contribution in [0.3, 0.4) is 0 Å². The maximum Gasteiger partial charge on any atom is 0.407 e. The Balaban J connectivity index is 2.13. The van der Waals surface area contributed by atoms with Crippen molar-refractivity contribution in [3.63, 3.8) is 0 Å². The van der Waals surface area contributed by atoms with Crippen molar-refractivity contribution in [2.45, 2.75) is 19.4 Å². The summed E-state index contributed by atoms with van der Waals surface area (Å²) in [6.07, 6.45) is 0.795. The first-order chi connectivity index (χ1) is 5.33. The van der Waals surface area contributed by atoms with Gasteiger partial charge in [0, 0.05) is 11.8 Å². The lowest BCUT2D eigenvalue weighted by atomic mass is 10.3. The Kier molecular flexibility index (Phi) is 3.56. The van der Waals surface area contributed by atoms with E-state index in [1.807, 2.05) is 18.7 Å². The summed E-state index contributed by atoms with van der Waals surface area (Å²) >= 11 is 1.87. The summed E-state index contributed by atoms with van der Waals surface area (Å²) in [5.74, 6) is 2.18. The van der Waals surface area contributed by atoms with Crippen LogP contribution in [0.15, 0.2) is 0 Å². The molecule has 0 radical (unpaired) electrons. The van der Waals surface area contributed by atoms with Crippen molar-refractivity contribution in [1.82, 2.24) is 5.32 Å². The lowest BCUT2D eigenvalue weighted by molar-refractivity contribution is 0.149. The standard InChI is InChI=1S/C7H13NO2S/c1-2-10-7(9)8-6-3-4-11-5-6/h6H,2-5H2,1H3,(H,8,9). The number of thioether (sulfide) groups is 1. The predicted octanol–water partition coefficient (Wildman–Crippen LogP) is 1.24. The van der Waals surface area contributed by atoms with Gasteiger partial charge in [-0.1, -0.05) is 0 Å². The largest absolute Gasteiger partial charge is 0.450 e. The summed E-state index contributed by atoms with van der Waals surface area (Å²) in [5.41, 5.74) is 0. The molecule has 1 rings (SSSR count). The molecule has 1 atom stereocenters. The highest BCUT2D eigenvalue weighted by Crippen LogP contribution is 2.16. The average molecular weight is 175 g/mol. The van der Waals surface area contributed by atoms with E-state index in [2.05, 4.69) is 5.32 Å². The van der Waals surface area contributed by atoms with Gasteiger partial charge in [0.25, 0.3) is 0 Å². The van der Waals surface area contributed by atoms with E-state index >= 15 is 0 Å². The molecule has 1 amide bonds. The fourth-order valence-electron chi connectivity index (χ4n) is 0.988. The van der Waals surface area contributed by atoms with Crippen LogP contribution in [0.2, 0.25) is 0 Å². The van der Waals surface area contributed by atoms with Crippen LogP contribution in [0.1, 0.15) is 13.3 Å². The number of alkyl carbamates (subject to hydrolysis) is 1. The number of carbonyl (C=O) groups excluding carboxylic acids is 1. The van der Waals surface area contributed by atoms with Gasteiger partial charge < -0.3 is 10.1 Å². The summed E-state index contributed by atoms with van der Waals surface area (Å²) in [7, 11) is 0. The first kappa shape index (κ1) is 8.71. The fraction of sp³-hybridized carbons (Fsp3) is 0.857. The Morgan fingerprint density at radius 1 is 1.82 bits per heavy atom. The van der Waals surface area contributed by atoms with E-state index in [1.165, 1.54) is 0 Å². The van der Waals surface area contributed by atoms with Gasteiger partial charge in [0.2, 0.25) is 0 Å². The molecule has 1 aliphatic rings. The van der Waals surface area contributed by atoms with Crippen molar-refractivity contribution in [1.29, 1.82) is 0 Å². The lowest BCUT2D eigenvalue weighted by Crippen LogP contribution is -2.34. The van der Waals surface area contributed by atoms with E-state index in [1.54, 1.807) is 0 Å². The number of carbonyl (C=O) groups is 1. The minimum absolute atomic E-state index is 0.278. The van der Waals surface area contributed by atoms with Crippen molar-refractivity contribution in [3.05, 3.63) is 0 Å². The minimum Gasteiger partial charge on any atom is -0.450 e. The first-order valence-corrected chi connectivity index (χ1v) is 4.99. The monoisotopic (exact) mass is 175 g/mol. The van der Waals surface area contributed by atoms with Crippen LogP contribution in [-0.4, -0.2) is 30.2 Å². The number of nitrogens with one attached hydrogen (secondary N) is 1. The molecule has 0 saturated carbocycles. The first-order valence-electron chi connectivity index (χ1n) is 3.84. The van der Waals surface area contributed by atoms with Gasteiger partial charge in [0.05, 0.1) is 6.61 Å². The zero-order valence-electron chi connectivity index (χ0n) is 6.63. The Hall–Kier alpha value is -0.380. The van der Waals surface area contributed by atoms with Crippen molar-refractivity contribution >= 4 is 17.9 Å². The van der Waals surface area contributed by atoms with Crippen LogP contribution < -0.4 is 5.32 Å². The van der Waals surface area contributed by atoms with Gasteiger partial charge in [-0.2, -0.15) is 11.8 Å². The summed E-state index contributed by atoms with van der Waals surface area (Å²) in [4.78, 5) is 10.9. The maximum atomic E-state index is 10.9. The molecule has 1 fully saturated rings. The van der Waals surface area contributed by atoms with Crippen LogP contribution in [0.4, 0.5) is 4.79 Å². The van der Waals surface area contributed by atoms with E-state index in [0.717, 1.165) is 17.9 Å². The van der Waals surface area contributed by atoms with Crippen molar-refractivity contribution in [2.75, 3.05) is 18.1 Å². The number of amides is 1. The Morgan fingerprint density at radius 3 is 3.18 bits per heavy atom. The number of hydrogen-bond donors (Lipinski definition) is 1. The molecule has 11 heavy (non-hydrogen) atoms. The molecule has 0 aliphatic carbocycles. The zero-order chi connectivity index (χ0) is 8.10. The predicted molar refractivity (Wildman–Crippen MR) is 45.9 cm³/mol. The minimum atomic E-state index is -0.278. The highest BCUT2D eigenvalue weighted by molar-refractivity contribution is 7.99. The third-order valence-electron chi connectivity index (χ3n) is 1.53. The fourth-order valence-corrected chi connectivity index (χ4v) is 2.14. The molecule has 1 unspecified atom stereocenters. The Morgan fingerprint density at radius 2 is 2.64 bits per heavy atom. The highest BCUT2D eigenvalue weighted by Gasteiger charge is 2.17. The molecular weight excluding hydrogens is 162 g/mol. The highest BCUT2D eigenvalue weighted by atomic mass is 32.2. The van der Waals surface area contributed by atoms with Gasteiger partial charge in [-0.25, -0.2) is 4.79 Å². The molecule has 64 valence electrons. The second-order valence-electron chi connectivity index (χ2n) is 2.43. The van der Waals surface area contributed by atoms with E-state index in [9.17, 15) is 4.79 Å². The Labute approximate surface area is 70.9 Å². The molecule has 0 aromatic carbocycles. The van der Waals surface area contributed by atoms with Crippen molar-refractivity contribution in [2.24, 2.45) is 0 Å². The quantitative estimate of drug-likeness (QED) is 0.686. The summed E-state index contributed by atoms with van der Waals surface area (Å²) in [5, 5.41) is 2.80.